The predicted molar refractivity (Wildman–Crippen MR) is 49.0 cm³/mol. The van der Waals surface area contributed by atoms with Crippen LogP contribution in [0.15, 0.2) is 29.2 Å². The molecule has 0 saturated heterocycles. The van der Waals surface area contributed by atoms with Crippen LogP contribution in [-0.2, 0) is 6.42 Å². The van der Waals surface area contributed by atoms with Crippen LogP contribution in [0.4, 0.5) is 0 Å². The predicted octanol–water partition coefficient (Wildman–Crippen LogP) is 1.94. The molecule has 11 heavy (non-hydrogen) atoms. The molecule has 1 nitrogen and oxygen atoms in total. The van der Waals surface area contributed by atoms with Crippen LogP contribution in [0.1, 0.15) is 5.56 Å². The van der Waals surface area contributed by atoms with E-state index in [1.165, 1.54) is 10.5 Å². The molecule has 1 aromatic rings. The van der Waals surface area contributed by atoms with E-state index in [9.17, 15) is 0 Å². The average Bonchev–Trinajstić information content (AvgIpc) is 2.06. The number of thioether (sulfide) groups is 1. The fraction of sp³-hybridized carbons (Fsp3) is 0.333. The Morgan fingerprint density at radius 2 is 2.09 bits per heavy atom. The third-order valence-corrected chi connectivity index (χ3v) is 2.41. The molecule has 0 aliphatic rings. The van der Waals surface area contributed by atoms with E-state index in [-0.39, 0.29) is 6.61 Å². The van der Waals surface area contributed by atoms with Crippen molar-refractivity contribution in [3.63, 3.8) is 0 Å². The lowest BCUT2D eigenvalue weighted by atomic mass is 10.2. The lowest BCUT2D eigenvalue weighted by Gasteiger charge is -2.03. The van der Waals surface area contributed by atoms with Gasteiger partial charge < -0.3 is 5.11 Å². The minimum absolute atomic E-state index is 0.234. The highest BCUT2D eigenvalue weighted by atomic mass is 32.2. The topological polar surface area (TPSA) is 20.2 Å². The van der Waals surface area contributed by atoms with E-state index in [2.05, 4.69) is 18.4 Å². The number of benzene rings is 1. The third-order valence-electron chi connectivity index (χ3n) is 1.57. The van der Waals surface area contributed by atoms with Gasteiger partial charge in [-0.15, -0.1) is 11.8 Å². The van der Waals surface area contributed by atoms with E-state index in [0.29, 0.717) is 0 Å². The second-order valence-electron chi connectivity index (χ2n) is 2.29. The Morgan fingerprint density at radius 1 is 1.36 bits per heavy atom. The Morgan fingerprint density at radius 3 is 2.73 bits per heavy atom. The Balaban J connectivity index is 2.83. The Hall–Kier alpha value is -0.470. The summed E-state index contributed by atoms with van der Waals surface area (Å²) in [7, 11) is 0. The number of aliphatic hydroxyl groups is 1. The normalized spacial score (nSPS) is 10.0. The summed E-state index contributed by atoms with van der Waals surface area (Å²) in [5.41, 5.74) is 1.24. The van der Waals surface area contributed by atoms with Crippen molar-refractivity contribution in [3.8, 4) is 0 Å². The molecule has 0 fully saturated rings. The van der Waals surface area contributed by atoms with Crippen LogP contribution in [0.3, 0.4) is 0 Å². The summed E-state index contributed by atoms with van der Waals surface area (Å²) in [5, 5.41) is 8.73. The summed E-state index contributed by atoms with van der Waals surface area (Å²) in [6, 6.07) is 8.16. The fourth-order valence-electron chi connectivity index (χ4n) is 1.03. The van der Waals surface area contributed by atoms with Gasteiger partial charge in [0.2, 0.25) is 0 Å². The average molecular weight is 168 g/mol. The zero-order valence-corrected chi connectivity index (χ0v) is 7.40. The van der Waals surface area contributed by atoms with Crippen molar-refractivity contribution in [1.29, 1.82) is 0 Å². The van der Waals surface area contributed by atoms with E-state index in [1.807, 2.05) is 12.1 Å². The fourth-order valence-corrected chi connectivity index (χ4v) is 1.68. The summed E-state index contributed by atoms with van der Waals surface area (Å²) in [4.78, 5) is 1.27. The van der Waals surface area contributed by atoms with Crippen LogP contribution in [-0.4, -0.2) is 18.0 Å². The number of hydrogen-bond donors (Lipinski definition) is 1. The molecule has 0 heterocycles. The van der Waals surface area contributed by atoms with Crippen molar-refractivity contribution in [1.82, 2.24) is 0 Å². The standard InChI is InChI=1S/C9H12OS/c1-11-9-5-3-2-4-8(9)6-7-10/h2-5,10H,6-7H2,1H3. The van der Waals surface area contributed by atoms with E-state index in [1.54, 1.807) is 11.8 Å². The molecule has 0 atom stereocenters. The van der Waals surface area contributed by atoms with Crippen molar-refractivity contribution in [2.24, 2.45) is 0 Å². The van der Waals surface area contributed by atoms with Gasteiger partial charge in [-0.05, 0) is 24.3 Å². The first-order valence-electron chi connectivity index (χ1n) is 3.61. The number of aliphatic hydroxyl groups excluding tert-OH is 1. The molecule has 1 aromatic carbocycles. The summed E-state index contributed by atoms with van der Waals surface area (Å²) in [6.07, 6.45) is 2.81. The molecule has 0 saturated carbocycles. The minimum atomic E-state index is 0.234. The van der Waals surface area contributed by atoms with Crippen LogP contribution in [0.2, 0.25) is 0 Å². The van der Waals surface area contributed by atoms with Gasteiger partial charge in [0.05, 0.1) is 0 Å². The molecule has 0 aliphatic carbocycles. The molecule has 60 valence electrons. The van der Waals surface area contributed by atoms with Crippen LogP contribution < -0.4 is 0 Å². The van der Waals surface area contributed by atoms with Crippen molar-refractivity contribution < 1.29 is 5.11 Å². The van der Waals surface area contributed by atoms with Gasteiger partial charge >= 0.3 is 0 Å². The quantitative estimate of drug-likeness (QED) is 0.696. The molecule has 0 spiro atoms. The molecular weight excluding hydrogens is 156 g/mol. The third kappa shape index (κ3) is 2.24. The number of hydrogen-bond acceptors (Lipinski definition) is 2. The Labute approximate surface area is 71.4 Å². The second-order valence-corrected chi connectivity index (χ2v) is 3.13. The van der Waals surface area contributed by atoms with Gasteiger partial charge in [-0.25, -0.2) is 0 Å². The first-order valence-corrected chi connectivity index (χ1v) is 4.83. The molecule has 0 bridgehead atoms. The summed E-state index contributed by atoms with van der Waals surface area (Å²) in [5.74, 6) is 0. The van der Waals surface area contributed by atoms with E-state index in [4.69, 9.17) is 5.11 Å². The molecule has 1 rings (SSSR count). The maximum Gasteiger partial charge on any atom is 0.0471 e. The van der Waals surface area contributed by atoms with E-state index in [0.717, 1.165) is 6.42 Å². The van der Waals surface area contributed by atoms with Gasteiger partial charge in [0.15, 0.2) is 0 Å². The monoisotopic (exact) mass is 168 g/mol. The largest absolute Gasteiger partial charge is 0.396 e. The van der Waals surface area contributed by atoms with Crippen molar-refractivity contribution in [3.05, 3.63) is 29.8 Å². The molecule has 0 aliphatic heterocycles. The molecule has 1 N–H and O–H groups in total. The van der Waals surface area contributed by atoms with Crippen LogP contribution in [0, 0.1) is 0 Å². The van der Waals surface area contributed by atoms with Gasteiger partial charge in [0.1, 0.15) is 0 Å². The SMILES string of the molecule is CSc1ccccc1CCO. The molecule has 0 radical (unpaired) electrons. The maximum atomic E-state index is 8.73. The van der Waals surface area contributed by atoms with Crippen molar-refractivity contribution >= 4 is 11.8 Å². The Kier molecular flexibility index (Phi) is 3.46. The van der Waals surface area contributed by atoms with Crippen molar-refractivity contribution in [2.45, 2.75) is 11.3 Å². The summed E-state index contributed by atoms with van der Waals surface area (Å²) >= 11 is 1.72. The van der Waals surface area contributed by atoms with Crippen LogP contribution in [0.5, 0.6) is 0 Å². The van der Waals surface area contributed by atoms with Crippen molar-refractivity contribution in [2.75, 3.05) is 12.9 Å². The van der Waals surface area contributed by atoms with Crippen LogP contribution in [0.25, 0.3) is 0 Å². The second kappa shape index (κ2) is 4.42. The zero-order chi connectivity index (χ0) is 8.10. The van der Waals surface area contributed by atoms with Gasteiger partial charge in [-0.3, -0.25) is 0 Å². The molecular formula is C9H12OS. The van der Waals surface area contributed by atoms with Gasteiger partial charge in [0, 0.05) is 11.5 Å². The highest BCUT2D eigenvalue weighted by molar-refractivity contribution is 7.98. The molecule has 0 aromatic heterocycles. The van der Waals surface area contributed by atoms with Crippen LogP contribution >= 0.6 is 11.8 Å². The Bertz CT molecular complexity index is 223. The maximum absolute atomic E-state index is 8.73. The highest BCUT2D eigenvalue weighted by Crippen LogP contribution is 2.19. The lowest BCUT2D eigenvalue weighted by Crippen LogP contribution is -1.91. The lowest BCUT2D eigenvalue weighted by molar-refractivity contribution is 0.299. The van der Waals surface area contributed by atoms with Gasteiger partial charge in [-0.1, -0.05) is 18.2 Å². The smallest absolute Gasteiger partial charge is 0.0471 e. The minimum Gasteiger partial charge on any atom is -0.396 e. The summed E-state index contributed by atoms with van der Waals surface area (Å²) < 4.78 is 0. The highest BCUT2D eigenvalue weighted by Gasteiger charge is 1.97. The number of rotatable bonds is 3. The molecule has 0 unspecified atom stereocenters. The molecule has 2 heteroatoms. The summed E-state index contributed by atoms with van der Waals surface area (Å²) in [6.45, 7) is 0.234. The molecule has 0 amide bonds. The zero-order valence-electron chi connectivity index (χ0n) is 6.58. The van der Waals surface area contributed by atoms with E-state index < -0.39 is 0 Å². The van der Waals surface area contributed by atoms with Gasteiger partial charge in [-0.2, -0.15) is 0 Å². The first-order chi connectivity index (χ1) is 5.38. The van der Waals surface area contributed by atoms with E-state index >= 15 is 0 Å². The van der Waals surface area contributed by atoms with Gasteiger partial charge in [0.25, 0.3) is 0 Å². The first kappa shape index (κ1) is 8.62.